The fraction of sp³-hybridized carbons (Fsp3) is 0.583. The van der Waals surface area contributed by atoms with Gasteiger partial charge in [-0.25, -0.2) is 9.78 Å². The van der Waals surface area contributed by atoms with E-state index < -0.39 is 5.97 Å². The lowest BCUT2D eigenvalue weighted by molar-refractivity contribution is -0.143. The number of carbonyl (C=O) groups is 2. The van der Waals surface area contributed by atoms with E-state index in [-0.39, 0.29) is 24.1 Å². The van der Waals surface area contributed by atoms with Gasteiger partial charge in [0.25, 0.3) is 0 Å². The van der Waals surface area contributed by atoms with Crippen LogP contribution in [0.5, 0.6) is 0 Å². The van der Waals surface area contributed by atoms with Crippen LogP contribution in [0.2, 0.25) is 0 Å². The van der Waals surface area contributed by atoms with E-state index in [1.54, 1.807) is 18.4 Å². The van der Waals surface area contributed by atoms with E-state index in [9.17, 15) is 9.59 Å². The largest absolute Gasteiger partial charge is 0.466 e. The number of nitrogens with zero attached hydrogens (tertiary/aromatic N) is 2. The molecule has 106 valence electrons. The van der Waals surface area contributed by atoms with Crippen LogP contribution in [0.4, 0.5) is 5.82 Å². The van der Waals surface area contributed by atoms with Gasteiger partial charge in [-0.05, 0) is 20.3 Å². The number of aryl methyl sites for hydroxylation is 1. The lowest BCUT2D eigenvalue weighted by Crippen LogP contribution is -2.11. The molecule has 0 aliphatic carbocycles. The number of nitrogens with two attached hydrogens (primary N) is 1. The highest BCUT2D eigenvalue weighted by Crippen LogP contribution is 2.12. The number of imidazole rings is 1. The topological polar surface area (TPSA) is 96.4 Å². The van der Waals surface area contributed by atoms with Gasteiger partial charge in [0.2, 0.25) is 0 Å². The van der Waals surface area contributed by atoms with Crippen LogP contribution in [-0.2, 0) is 20.8 Å². The Balaban J connectivity index is 2.52. The van der Waals surface area contributed by atoms with Crippen LogP contribution >= 0.6 is 0 Å². The molecule has 7 nitrogen and oxygen atoms in total. The molecule has 1 heterocycles. The molecule has 0 bridgehead atoms. The van der Waals surface area contributed by atoms with Crippen molar-refractivity contribution in [2.75, 3.05) is 18.9 Å². The normalized spacial score (nSPS) is 10.2. The molecule has 0 atom stereocenters. The van der Waals surface area contributed by atoms with Gasteiger partial charge in [0.05, 0.1) is 19.5 Å². The first-order valence-electron chi connectivity index (χ1n) is 6.23. The molecule has 0 aromatic carbocycles. The molecule has 0 spiro atoms. The first-order valence-corrected chi connectivity index (χ1v) is 6.23. The lowest BCUT2D eigenvalue weighted by Gasteiger charge is -2.05. The highest BCUT2D eigenvalue weighted by Gasteiger charge is 2.16. The number of rotatable bonds is 7. The Morgan fingerprint density at radius 3 is 2.63 bits per heavy atom. The number of ether oxygens (including phenoxy) is 2. The number of carbonyl (C=O) groups excluding carboxylic acids is 2. The monoisotopic (exact) mass is 269 g/mol. The molecule has 0 radical (unpaired) electrons. The minimum atomic E-state index is -0.538. The first-order chi connectivity index (χ1) is 9.10. The summed E-state index contributed by atoms with van der Waals surface area (Å²) in [6.07, 6.45) is 2.34. The number of hydrogen-bond acceptors (Lipinski definition) is 6. The number of aromatic nitrogens is 2. The predicted octanol–water partition coefficient (Wildman–Crippen LogP) is 0.985. The Morgan fingerprint density at radius 2 is 2.00 bits per heavy atom. The van der Waals surface area contributed by atoms with Crippen molar-refractivity contribution >= 4 is 17.8 Å². The van der Waals surface area contributed by atoms with Crippen LogP contribution < -0.4 is 5.73 Å². The maximum Gasteiger partial charge on any atom is 0.360 e. The van der Waals surface area contributed by atoms with Crippen molar-refractivity contribution in [3.63, 3.8) is 0 Å². The quantitative estimate of drug-likeness (QED) is 0.741. The van der Waals surface area contributed by atoms with Crippen LogP contribution in [0.1, 0.15) is 37.2 Å². The molecule has 0 amide bonds. The van der Waals surface area contributed by atoms with Crippen LogP contribution in [-0.4, -0.2) is 34.7 Å². The highest BCUT2D eigenvalue weighted by molar-refractivity contribution is 5.92. The summed E-state index contributed by atoms with van der Waals surface area (Å²) in [5.41, 5.74) is 5.90. The van der Waals surface area contributed by atoms with Gasteiger partial charge >= 0.3 is 11.9 Å². The molecule has 7 heteroatoms. The number of nitrogen functional groups attached to an aromatic ring is 1. The number of esters is 2. The van der Waals surface area contributed by atoms with Gasteiger partial charge in [-0.3, -0.25) is 4.79 Å². The van der Waals surface area contributed by atoms with E-state index in [2.05, 4.69) is 4.98 Å². The summed E-state index contributed by atoms with van der Waals surface area (Å²) in [5.74, 6) is -0.529. The average Bonchev–Trinajstić information content (AvgIpc) is 2.72. The second-order valence-corrected chi connectivity index (χ2v) is 3.80. The molecule has 2 N–H and O–H groups in total. The van der Waals surface area contributed by atoms with Crippen molar-refractivity contribution in [2.45, 2.75) is 33.2 Å². The molecule has 0 saturated carbocycles. The molecule has 0 unspecified atom stereocenters. The van der Waals surface area contributed by atoms with E-state index in [0.29, 0.717) is 26.0 Å². The molecule has 1 aromatic heterocycles. The zero-order chi connectivity index (χ0) is 14.3. The summed E-state index contributed by atoms with van der Waals surface area (Å²) in [6.45, 7) is 4.62. The third-order valence-electron chi connectivity index (χ3n) is 2.43. The van der Waals surface area contributed by atoms with Gasteiger partial charge in [0.15, 0.2) is 5.69 Å². The smallest absolute Gasteiger partial charge is 0.360 e. The lowest BCUT2D eigenvalue weighted by atomic mass is 10.3. The zero-order valence-corrected chi connectivity index (χ0v) is 11.2. The molecule has 1 rings (SSSR count). The van der Waals surface area contributed by atoms with Gasteiger partial charge in [-0.2, -0.15) is 0 Å². The Labute approximate surface area is 111 Å². The molecule has 0 saturated heterocycles. The third kappa shape index (κ3) is 4.27. The third-order valence-corrected chi connectivity index (χ3v) is 2.43. The summed E-state index contributed by atoms with van der Waals surface area (Å²) in [7, 11) is 0. The van der Waals surface area contributed by atoms with Gasteiger partial charge in [0.1, 0.15) is 5.82 Å². The van der Waals surface area contributed by atoms with Crippen LogP contribution in [0.25, 0.3) is 0 Å². The highest BCUT2D eigenvalue weighted by atomic mass is 16.5. The average molecular weight is 269 g/mol. The van der Waals surface area contributed by atoms with E-state index in [1.807, 2.05) is 0 Å². The van der Waals surface area contributed by atoms with Crippen molar-refractivity contribution in [2.24, 2.45) is 0 Å². The van der Waals surface area contributed by atoms with Crippen LogP contribution in [0, 0.1) is 0 Å². The summed E-state index contributed by atoms with van der Waals surface area (Å²) < 4.78 is 11.3. The Morgan fingerprint density at radius 1 is 1.32 bits per heavy atom. The molecular weight excluding hydrogens is 250 g/mol. The first kappa shape index (κ1) is 15.0. The van der Waals surface area contributed by atoms with E-state index in [4.69, 9.17) is 15.2 Å². The van der Waals surface area contributed by atoms with Gasteiger partial charge in [-0.15, -0.1) is 0 Å². The van der Waals surface area contributed by atoms with Crippen molar-refractivity contribution in [3.05, 3.63) is 12.0 Å². The Hall–Kier alpha value is -2.05. The van der Waals surface area contributed by atoms with Crippen molar-refractivity contribution in [1.82, 2.24) is 9.55 Å². The molecule has 19 heavy (non-hydrogen) atoms. The van der Waals surface area contributed by atoms with Crippen molar-refractivity contribution in [3.8, 4) is 0 Å². The zero-order valence-electron chi connectivity index (χ0n) is 11.2. The molecule has 0 fully saturated rings. The maximum atomic E-state index is 11.5. The Kier molecular flexibility index (Phi) is 5.84. The molecule has 0 aliphatic heterocycles. The van der Waals surface area contributed by atoms with Gasteiger partial charge in [-0.1, -0.05) is 0 Å². The summed E-state index contributed by atoms with van der Waals surface area (Å²) in [4.78, 5) is 26.6. The maximum absolute atomic E-state index is 11.5. The van der Waals surface area contributed by atoms with Crippen molar-refractivity contribution < 1.29 is 19.1 Å². The van der Waals surface area contributed by atoms with E-state index >= 15 is 0 Å². The number of hydrogen-bond donors (Lipinski definition) is 1. The van der Waals surface area contributed by atoms with Crippen LogP contribution in [0.3, 0.4) is 0 Å². The second kappa shape index (κ2) is 7.40. The molecular formula is C12H19N3O4. The van der Waals surface area contributed by atoms with E-state index in [0.717, 1.165) is 0 Å². The summed E-state index contributed by atoms with van der Waals surface area (Å²) in [6, 6.07) is 0. The SMILES string of the molecule is CCOC(=O)CCCn1cnc(C(=O)OCC)c1N. The molecule has 1 aromatic rings. The Bertz CT molecular complexity index is 442. The van der Waals surface area contributed by atoms with Crippen molar-refractivity contribution in [1.29, 1.82) is 0 Å². The minimum Gasteiger partial charge on any atom is -0.466 e. The summed E-state index contributed by atoms with van der Waals surface area (Å²) >= 11 is 0. The fourth-order valence-electron chi connectivity index (χ4n) is 1.55. The van der Waals surface area contributed by atoms with E-state index in [1.165, 1.54) is 6.33 Å². The fourth-order valence-corrected chi connectivity index (χ4v) is 1.55. The predicted molar refractivity (Wildman–Crippen MR) is 68.5 cm³/mol. The standard InChI is InChI=1S/C12H19N3O4/c1-3-18-9(16)6-5-7-15-8-14-10(11(15)13)12(17)19-4-2/h8H,3-7,13H2,1-2H3. The van der Waals surface area contributed by atoms with Crippen LogP contribution in [0.15, 0.2) is 6.33 Å². The summed E-state index contributed by atoms with van der Waals surface area (Å²) in [5, 5.41) is 0. The number of anilines is 1. The second-order valence-electron chi connectivity index (χ2n) is 3.80. The van der Waals surface area contributed by atoms with Gasteiger partial charge < -0.3 is 19.8 Å². The minimum absolute atomic E-state index is 0.109. The van der Waals surface area contributed by atoms with Gasteiger partial charge in [0, 0.05) is 13.0 Å². The molecule has 0 aliphatic rings.